The Hall–Kier alpha value is -1.45. The van der Waals surface area contributed by atoms with Crippen molar-refractivity contribution in [3.8, 4) is 0 Å². The largest absolute Gasteiger partial charge is 0.457 e. The monoisotopic (exact) mass is 274 g/mol. The highest BCUT2D eigenvalue weighted by molar-refractivity contribution is 5.86. The molecule has 0 aliphatic heterocycles. The van der Waals surface area contributed by atoms with Gasteiger partial charge in [0.25, 0.3) is 0 Å². The maximum absolute atomic E-state index is 12.1. The highest BCUT2D eigenvalue weighted by Crippen LogP contribution is 2.61. The number of aryl methyl sites for hydroxylation is 1. The van der Waals surface area contributed by atoms with Gasteiger partial charge >= 0.3 is 5.97 Å². The summed E-state index contributed by atoms with van der Waals surface area (Å²) in [5, 5.41) is 0. The molecule has 4 nitrogen and oxygen atoms in total. The number of ether oxygens (including phenoxy) is 1. The van der Waals surface area contributed by atoms with Crippen molar-refractivity contribution in [2.75, 3.05) is 0 Å². The number of esters is 1. The summed E-state index contributed by atoms with van der Waals surface area (Å²) in [5.41, 5.74) is 1.52. The molecular formula is C16H22N2O2. The fraction of sp³-hybridized carbons (Fsp3) is 0.688. The topological polar surface area (TPSA) is 52.1 Å². The SMILES string of the molecule is Cc1cnc(C(=O)O[C@@H]2C[C@H]3C[C@@H]([C@H]2C)C3(C)C)cn1. The van der Waals surface area contributed by atoms with Gasteiger partial charge in [-0.15, -0.1) is 0 Å². The minimum atomic E-state index is -0.339. The molecule has 4 rings (SSSR count). The van der Waals surface area contributed by atoms with Gasteiger partial charge in [0.15, 0.2) is 5.69 Å². The molecular weight excluding hydrogens is 252 g/mol. The Morgan fingerprint density at radius 3 is 2.60 bits per heavy atom. The smallest absolute Gasteiger partial charge is 0.358 e. The third-order valence-electron chi connectivity index (χ3n) is 5.53. The molecule has 1 aromatic rings. The van der Waals surface area contributed by atoms with Gasteiger partial charge in [0, 0.05) is 6.20 Å². The number of carbonyl (C=O) groups is 1. The van der Waals surface area contributed by atoms with Crippen molar-refractivity contribution in [1.82, 2.24) is 9.97 Å². The number of hydrogen-bond donors (Lipinski definition) is 0. The molecule has 0 radical (unpaired) electrons. The summed E-state index contributed by atoms with van der Waals surface area (Å²) in [5.74, 6) is 1.44. The molecule has 0 aromatic carbocycles. The van der Waals surface area contributed by atoms with E-state index in [0.29, 0.717) is 28.9 Å². The van der Waals surface area contributed by atoms with Crippen LogP contribution in [0.25, 0.3) is 0 Å². The number of aromatic nitrogens is 2. The van der Waals surface area contributed by atoms with Crippen molar-refractivity contribution in [3.05, 3.63) is 23.8 Å². The maximum atomic E-state index is 12.1. The Balaban J connectivity index is 1.67. The summed E-state index contributed by atoms with van der Waals surface area (Å²) in [6.07, 6.45) is 5.39. The number of nitrogens with zero attached hydrogens (tertiary/aromatic N) is 2. The molecule has 0 amide bonds. The molecule has 3 aliphatic carbocycles. The van der Waals surface area contributed by atoms with Crippen LogP contribution < -0.4 is 0 Å². The van der Waals surface area contributed by atoms with E-state index in [1.807, 2.05) is 6.92 Å². The maximum Gasteiger partial charge on any atom is 0.358 e. The predicted octanol–water partition coefficient (Wildman–Crippen LogP) is 3.01. The van der Waals surface area contributed by atoms with Crippen LogP contribution in [0.1, 0.15) is 49.8 Å². The molecule has 2 bridgehead atoms. The summed E-state index contributed by atoms with van der Waals surface area (Å²) in [7, 11) is 0. The summed E-state index contributed by atoms with van der Waals surface area (Å²) in [4.78, 5) is 20.3. The van der Waals surface area contributed by atoms with E-state index in [0.717, 1.165) is 12.1 Å². The zero-order valence-corrected chi connectivity index (χ0v) is 12.6. The van der Waals surface area contributed by atoms with Gasteiger partial charge in [0.05, 0.1) is 11.9 Å². The zero-order valence-electron chi connectivity index (χ0n) is 12.6. The molecule has 0 spiro atoms. The number of rotatable bonds is 2. The van der Waals surface area contributed by atoms with E-state index in [2.05, 4.69) is 30.7 Å². The molecule has 108 valence electrons. The highest BCUT2D eigenvalue weighted by atomic mass is 16.5. The van der Waals surface area contributed by atoms with E-state index in [-0.39, 0.29) is 12.1 Å². The molecule has 0 unspecified atom stereocenters. The quantitative estimate of drug-likeness (QED) is 0.778. The Labute approximate surface area is 120 Å². The van der Waals surface area contributed by atoms with E-state index in [1.165, 1.54) is 12.6 Å². The number of hydrogen-bond acceptors (Lipinski definition) is 4. The van der Waals surface area contributed by atoms with Crippen molar-refractivity contribution in [3.63, 3.8) is 0 Å². The van der Waals surface area contributed by atoms with Crippen LogP contribution in [0.3, 0.4) is 0 Å². The number of carbonyl (C=O) groups excluding carboxylic acids is 1. The highest BCUT2D eigenvalue weighted by Gasteiger charge is 2.57. The molecule has 4 atom stereocenters. The van der Waals surface area contributed by atoms with Crippen LogP contribution in [0, 0.1) is 30.1 Å². The Bertz CT molecular complexity index is 524. The standard InChI is InChI=1S/C16H22N2O2/c1-9-7-18-13(8-17-9)15(19)20-14-6-11-5-12(10(14)2)16(11,3)4/h7-8,10-12,14H,5-6H2,1-4H3/t10-,11-,12+,14-/m1/s1. The van der Waals surface area contributed by atoms with E-state index in [4.69, 9.17) is 4.74 Å². The van der Waals surface area contributed by atoms with Crippen molar-refractivity contribution in [2.24, 2.45) is 23.2 Å². The second-order valence-corrected chi connectivity index (χ2v) is 6.94. The lowest BCUT2D eigenvalue weighted by atomic mass is 9.45. The minimum absolute atomic E-state index is 0.0300. The first-order chi connectivity index (χ1) is 9.39. The van der Waals surface area contributed by atoms with Crippen LogP contribution >= 0.6 is 0 Å². The second-order valence-electron chi connectivity index (χ2n) is 6.94. The Kier molecular flexibility index (Phi) is 3.07. The van der Waals surface area contributed by atoms with E-state index in [9.17, 15) is 4.79 Å². The lowest BCUT2D eigenvalue weighted by molar-refractivity contribution is -0.156. The molecule has 0 N–H and O–H groups in total. The summed E-state index contributed by atoms with van der Waals surface area (Å²) in [6.45, 7) is 8.74. The zero-order chi connectivity index (χ0) is 14.5. The van der Waals surface area contributed by atoms with Gasteiger partial charge in [-0.05, 0) is 42.9 Å². The first kappa shape index (κ1) is 13.5. The van der Waals surface area contributed by atoms with Gasteiger partial charge in [-0.25, -0.2) is 9.78 Å². The van der Waals surface area contributed by atoms with Gasteiger partial charge < -0.3 is 4.74 Å². The molecule has 20 heavy (non-hydrogen) atoms. The molecule has 4 heteroatoms. The van der Waals surface area contributed by atoms with Gasteiger partial charge in [0.2, 0.25) is 0 Å². The van der Waals surface area contributed by atoms with Gasteiger partial charge in [0.1, 0.15) is 6.10 Å². The van der Waals surface area contributed by atoms with Crippen molar-refractivity contribution < 1.29 is 9.53 Å². The number of fused-ring (bicyclic) bond motifs is 2. The summed E-state index contributed by atoms with van der Waals surface area (Å²) < 4.78 is 5.68. The predicted molar refractivity (Wildman–Crippen MR) is 75.1 cm³/mol. The fourth-order valence-electron chi connectivity index (χ4n) is 3.95. The molecule has 1 heterocycles. The van der Waals surface area contributed by atoms with E-state index in [1.54, 1.807) is 6.20 Å². The third-order valence-corrected chi connectivity index (χ3v) is 5.53. The second kappa shape index (κ2) is 4.54. The summed E-state index contributed by atoms with van der Waals surface area (Å²) >= 11 is 0. The van der Waals surface area contributed by atoms with Crippen molar-refractivity contribution in [1.29, 1.82) is 0 Å². The summed E-state index contributed by atoms with van der Waals surface area (Å²) in [6, 6.07) is 0. The van der Waals surface area contributed by atoms with Crippen LogP contribution in [-0.4, -0.2) is 22.0 Å². The Morgan fingerprint density at radius 2 is 2.05 bits per heavy atom. The molecule has 0 saturated heterocycles. The van der Waals surface area contributed by atoms with E-state index >= 15 is 0 Å². The van der Waals surface area contributed by atoms with Crippen LogP contribution in [0.4, 0.5) is 0 Å². The van der Waals surface area contributed by atoms with Gasteiger partial charge in [-0.2, -0.15) is 0 Å². The first-order valence-corrected chi connectivity index (χ1v) is 7.39. The normalized spacial score (nSPS) is 34.2. The van der Waals surface area contributed by atoms with E-state index < -0.39 is 0 Å². The molecule has 3 saturated carbocycles. The van der Waals surface area contributed by atoms with Gasteiger partial charge in [-0.1, -0.05) is 20.8 Å². The average molecular weight is 274 g/mol. The fourth-order valence-corrected chi connectivity index (χ4v) is 3.95. The third kappa shape index (κ3) is 2.02. The molecule has 3 fully saturated rings. The first-order valence-electron chi connectivity index (χ1n) is 7.39. The van der Waals surface area contributed by atoms with Crippen molar-refractivity contribution >= 4 is 5.97 Å². The molecule has 1 aromatic heterocycles. The lowest BCUT2D eigenvalue weighted by Crippen LogP contribution is -2.57. The van der Waals surface area contributed by atoms with Crippen LogP contribution in [0.2, 0.25) is 0 Å². The molecule has 3 aliphatic rings. The lowest BCUT2D eigenvalue weighted by Gasteiger charge is -2.61. The van der Waals surface area contributed by atoms with Gasteiger partial charge in [-0.3, -0.25) is 4.98 Å². The average Bonchev–Trinajstić information content (AvgIpc) is 2.41. The van der Waals surface area contributed by atoms with Crippen LogP contribution in [0.15, 0.2) is 12.4 Å². The minimum Gasteiger partial charge on any atom is -0.457 e. The van der Waals surface area contributed by atoms with Crippen molar-refractivity contribution in [2.45, 2.75) is 46.6 Å². The van der Waals surface area contributed by atoms with Crippen LogP contribution in [-0.2, 0) is 4.74 Å². The Morgan fingerprint density at radius 1 is 1.30 bits per heavy atom. The van der Waals surface area contributed by atoms with Crippen LogP contribution in [0.5, 0.6) is 0 Å².